The molecule has 0 N–H and O–H groups in total. The number of halogens is 1. The van der Waals surface area contributed by atoms with E-state index in [0.29, 0.717) is 0 Å². The maximum atomic E-state index is 5.62. The Hall–Kier alpha value is -0.903. The summed E-state index contributed by atoms with van der Waals surface area (Å²) in [6.07, 6.45) is 0. The third-order valence-electron chi connectivity index (χ3n) is 3.27. The summed E-state index contributed by atoms with van der Waals surface area (Å²) >= 11 is 3.68. The summed E-state index contributed by atoms with van der Waals surface area (Å²) < 4.78 is 5.62. The minimum Gasteiger partial charge on any atom is -0.427 e. The van der Waals surface area contributed by atoms with Crippen molar-refractivity contribution < 1.29 is 4.43 Å². The van der Waals surface area contributed by atoms with Gasteiger partial charge in [-0.1, -0.05) is 76.6 Å². The summed E-state index contributed by atoms with van der Waals surface area (Å²) in [6.45, 7) is 0.721. The van der Waals surface area contributed by atoms with E-state index in [2.05, 4.69) is 76.6 Å². The quantitative estimate of drug-likeness (QED) is 0.608. The van der Waals surface area contributed by atoms with Crippen LogP contribution >= 0.6 is 15.9 Å². The number of hydrogen-bond acceptors (Lipinski definition) is 1. The van der Waals surface area contributed by atoms with Gasteiger partial charge in [0.1, 0.15) is 10.5 Å². The standard InChI is InChI=1S/C15H17BrOSi/c16-11-15(12-17-18,13-7-3-1-4-8-13)14-9-5-2-6-10-14/h1-10H,11-12H2,18H3. The van der Waals surface area contributed by atoms with E-state index in [9.17, 15) is 0 Å². The summed E-state index contributed by atoms with van der Waals surface area (Å²) in [5.41, 5.74) is 2.50. The maximum absolute atomic E-state index is 5.62. The van der Waals surface area contributed by atoms with Crippen LogP contribution in [0.25, 0.3) is 0 Å². The highest BCUT2D eigenvalue weighted by Gasteiger charge is 2.32. The molecule has 0 radical (unpaired) electrons. The molecule has 1 nitrogen and oxygen atoms in total. The van der Waals surface area contributed by atoms with E-state index in [1.54, 1.807) is 0 Å². The maximum Gasteiger partial charge on any atom is 0.146 e. The molecule has 0 spiro atoms. The molecule has 0 amide bonds. The van der Waals surface area contributed by atoms with Crippen molar-refractivity contribution in [2.45, 2.75) is 5.41 Å². The van der Waals surface area contributed by atoms with E-state index < -0.39 is 0 Å². The van der Waals surface area contributed by atoms with Crippen LogP contribution in [0.1, 0.15) is 11.1 Å². The highest BCUT2D eigenvalue weighted by atomic mass is 79.9. The van der Waals surface area contributed by atoms with Gasteiger partial charge in [-0.05, 0) is 11.1 Å². The fourth-order valence-corrected chi connectivity index (χ4v) is 3.59. The predicted molar refractivity (Wildman–Crippen MR) is 83.3 cm³/mol. The van der Waals surface area contributed by atoms with Crippen molar-refractivity contribution in [3.05, 3.63) is 71.8 Å². The van der Waals surface area contributed by atoms with E-state index in [1.807, 2.05) is 0 Å². The lowest BCUT2D eigenvalue weighted by atomic mass is 9.77. The second-order valence-electron chi connectivity index (χ2n) is 4.38. The van der Waals surface area contributed by atoms with Gasteiger partial charge < -0.3 is 4.43 Å². The molecule has 94 valence electrons. The van der Waals surface area contributed by atoms with Gasteiger partial charge in [-0.2, -0.15) is 0 Å². The fraction of sp³-hybridized carbons (Fsp3) is 0.200. The van der Waals surface area contributed by atoms with Gasteiger partial charge in [0.05, 0.1) is 5.41 Å². The van der Waals surface area contributed by atoms with Crippen LogP contribution in [0.4, 0.5) is 0 Å². The number of benzene rings is 2. The zero-order valence-corrected chi connectivity index (χ0v) is 14.1. The van der Waals surface area contributed by atoms with Gasteiger partial charge in [0.2, 0.25) is 0 Å². The second-order valence-corrected chi connectivity index (χ2v) is 5.52. The van der Waals surface area contributed by atoms with E-state index in [4.69, 9.17) is 4.43 Å². The summed E-state index contributed by atoms with van der Waals surface area (Å²) in [4.78, 5) is 0. The molecule has 2 rings (SSSR count). The van der Waals surface area contributed by atoms with Gasteiger partial charge in [-0.25, -0.2) is 0 Å². The molecule has 0 atom stereocenters. The van der Waals surface area contributed by atoms with Gasteiger partial charge in [0.15, 0.2) is 0 Å². The Morgan fingerprint density at radius 2 is 1.33 bits per heavy atom. The Balaban J connectivity index is 2.53. The third-order valence-corrected chi connectivity index (χ3v) is 4.52. The lowest BCUT2D eigenvalue weighted by Crippen LogP contribution is -2.35. The average Bonchev–Trinajstić information content (AvgIpc) is 2.47. The molecule has 2 aromatic rings. The van der Waals surface area contributed by atoms with Crippen molar-refractivity contribution >= 4 is 26.4 Å². The van der Waals surface area contributed by atoms with Gasteiger partial charge in [-0.15, -0.1) is 0 Å². The molecule has 0 fully saturated rings. The van der Waals surface area contributed by atoms with Crippen LogP contribution in [0.5, 0.6) is 0 Å². The van der Waals surface area contributed by atoms with E-state index in [1.165, 1.54) is 11.1 Å². The van der Waals surface area contributed by atoms with Crippen LogP contribution < -0.4 is 0 Å². The van der Waals surface area contributed by atoms with E-state index >= 15 is 0 Å². The zero-order chi connectivity index (χ0) is 12.8. The van der Waals surface area contributed by atoms with Crippen molar-refractivity contribution in [2.75, 3.05) is 11.9 Å². The molecule has 2 aromatic carbocycles. The highest BCUT2D eigenvalue weighted by molar-refractivity contribution is 9.09. The molecular weight excluding hydrogens is 304 g/mol. The minimum atomic E-state index is -0.0930. The molecule has 18 heavy (non-hydrogen) atoms. The van der Waals surface area contributed by atoms with Crippen molar-refractivity contribution in [3.8, 4) is 0 Å². The van der Waals surface area contributed by atoms with Gasteiger partial charge in [0.25, 0.3) is 0 Å². The summed E-state index contributed by atoms with van der Waals surface area (Å²) in [6, 6.07) is 21.1. The van der Waals surface area contributed by atoms with E-state index in [-0.39, 0.29) is 5.41 Å². The minimum absolute atomic E-state index is 0.0930. The molecule has 3 heteroatoms. The summed E-state index contributed by atoms with van der Waals surface area (Å²) in [7, 11) is 0.756. The smallest absolute Gasteiger partial charge is 0.146 e. The number of rotatable bonds is 5. The van der Waals surface area contributed by atoms with Gasteiger partial charge >= 0.3 is 0 Å². The Bertz CT molecular complexity index is 433. The molecule has 0 bridgehead atoms. The number of alkyl halides is 1. The van der Waals surface area contributed by atoms with Crippen molar-refractivity contribution in [1.82, 2.24) is 0 Å². The van der Waals surface area contributed by atoms with Crippen LogP contribution in [0, 0.1) is 0 Å². The third kappa shape index (κ3) is 2.58. The fourth-order valence-electron chi connectivity index (χ4n) is 2.29. The van der Waals surface area contributed by atoms with Crippen LogP contribution in [0.2, 0.25) is 0 Å². The molecular formula is C15H17BrOSi. The molecule has 0 aliphatic heterocycles. The Morgan fingerprint density at radius 1 is 0.889 bits per heavy atom. The molecule has 0 saturated carbocycles. The molecule has 0 unspecified atom stereocenters. The molecule has 0 aliphatic rings. The van der Waals surface area contributed by atoms with Crippen LogP contribution in [-0.2, 0) is 9.84 Å². The average molecular weight is 321 g/mol. The Kier molecular flexibility index (Phi) is 4.75. The van der Waals surface area contributed by atoms with Crippen LogP contribution in [0.3, 0.4) is 0 Å². The van der Waals surface area contributed by atoms with Crippen molar-refractivity contribution in [1.29, 1.82) is 0 Å². The first kappa shape index (κ1) is 13.5. The largest absolute Gasteiger partial charge is 0.427 e. The first-order valence-corrected chi connectivity index (χ1v) is 7.93. The lowest BCUT2D eigenvalue weighted by Gasteiger charge is -2.33. The SMILES string of the molecule is [SiH3]OCC(CBr)(c1ccccc1)c1ccccc1. The Labute approximate surface area is 120 Å². The molecule has 0 aromatic heterocycles. The molecule has 0 aliphatic carbocycles. The van der Waals surface area contributed by atoms with Crippen LogP contribution in [0.15, 0.2) is 60.7 Å². The topological polar surface area (TPSA) is 9.23 Å². The normalized spacial score (nSPS) is 11.6. The van der Waals surface area contributed by atoms with Gasteiger partial charge in [0, 0.05) is 11.9 Å². The number of hydrogen-bond donors (Lipinski definition) is 0. The summed E-state index contributed by atoms with van der Waals surface area (Å²) in [5.74, 6) is 0. The first-order chi connectivity index (χ1) is 8.83. The van der Waals surface area contributed by atoms with Crippen molar-refractivity contribution in [2.24, 2.45) is 0 Å². The molecule has 0 heterocycles. The molecule has 0 saturated heterocycles. The zero-order valence-electron chi connectivity index (χ0n) is 10.5. The Morgan fingerprint density at radius 3 is 1.67 bits per heavy atom. The van der Waals surface area contributed by atoms with Gasteiger partial charge in [-0.3, -0.25) is 0 Å². The predicted octanol–water partition coefficient (Wildman–Crippen LogP) is 2.66. The second kappa shape index (κ2) is 6.32. The van der Waals surface area contributed by atoms with E-state index in [0.717, 1.165) is 22.4 Å². The monoisotopic (exact) mass is 320 g/mol. The lowest BCUT2D eigenvalue weighted by molar-refractivity contribution is 0.279. The van der Waals surface area contributed by atoms with Crippen LogP contribution in [-0.4, -0.2) is 22.4 Å². The highest BCUT2D eigenvalue weighted by Crippen LogP contribution is 2.34. The summed E-state index contributed by atoms with van der Waals surface area (Å²) in [5, 5.41) is 0.857. The first-order valence-electron chi connectivity index (χ1n) is 5.99. The van der Waals surface area contributed by atoms with Crippen molar-refractivity contribution in [3.63, 3.8) is 0 Å².